The molecule has 3 aromatic rings. The van der Waals surface area contributed by atoms with Gasteiger partial charge in [-0.1, -0.05) is 13.8 Å². The Balaban J connectivity index is 2.17. The predicted molar refractivity (Wildman–Crippen MR) is 136 cm³/mol. The van der Waals surface area contributed by atoms with Crippen molar-refractivity contribution in [3.05, 3.63) is 54.6 Å². The molecule has 1 aromatic heterocycles. The smallest absolute Gasteiger partial charge is 0.188 e. The Morgan fingerprint density at radius 3 is 2.39 bits per heavy atom. The molecule has 0 aliphatic rings. The van der Waals surface area contributed by atoms with Gasteiger partial charge < -0.3 is 24.4 Å². The molecule has 0 bridgehead atoms. The van der Waals surface area contributed by atoms with E-state index in [2.05, 4.69) is 38.0 Å². The van der Waals surface area contributed by atoms with E-state index in [4.69, 9.17) is 9.47 Å². The maximum absolute atomic E-state index is 11.0. The van der Waals surface area contributed by atoms with Gasteiger partial charge in [0.05, 0.1) is 30.4 Å². The third kappa shape index (κ3) is 4.90. The van der Waals surface area contributed by atoms with Crippen molar-refractivity contribution in [1.82, 2.24) is 14.5 Å². The molecule has 0 radical (unpaired) electrons. The summed E-state index contributed by atoms with van der Waals surface area (Å²) in [5, 5.41) is 11.5. The van der Waals surface area contributed by atoms with E-state index in [1.807, 2.05) is 61.9 Å². The molecule has 33 heavy (non-hydrogen) atoms. The standard InChI is InChI=1S/C25H32N4O3S/c1-15(2)18-12-19(22(30)13-24(18)32-16(3)27(4)5)21-14-26-25(33)29(21)17-9-10-23(31-8)20(11-17)28(6)7/h9-15,30H,3H2,1-2,4-8H3,(H,26,33). The number of thiol groups is 1. The number of ether oxygens (including phenoxy) is 2. The fourth-order valence-corrected chi connectivity index (χ4v) is 3.78. The van der Waals surface area contributed by atoms with Gasteiger partial charge in [-0.05, 0) is 42.3 Å². The first-order valence-corrected chi connectivity index (χ1v) is 11.0. The van der Waals surface area contributed by atoms with E-state index in [0.29, 0.717) is 28.0 Å². The lowest BCUT2D eigenvalue weighted by molar-refractivity contribution is 0.280. The number of methoxy groups -OCH3 is 1. The highest BCUT2D eigenvalue weighted by Gasteiger charge is 2.21. The van der Waals surface area contributed by atoms with Gasteiger partial charge >= 0.3 is 0 Å². The number of benzene rings is 2. The van der Waals surface area contributed by atoms with Gasteiger partial charge in [0.1, 0.15) is 17.2 Å². The summed E-state index contributed by atoms with van der Waals surface area (Å²) in [5.74, 6) is 2.06. The minimum atomic E-state index is 0.0804. The second-order valence-corrected chi connectivity index (χ2v) is 8.88. The van der Waals surface area contributed by atoms with Crippen molar-refractivity contribution >= 4 is 18.3 Å². The van der Waals surface area contributed by atoms with Crippen molar-refractivity contribution in [2.75, 3.05) is 40.2 Å². The highest BCUT2D eigenvalue weighted by molar-refractivity contribution is 7.80. The van der Waals surface area contributed by atoms with Crippen molar-refractivity contribution in [3.63, 3.8) is 0 Å². The number of aromatic nitrogens is 2. The van der Waals surface area contributed by atoms with Crippen LogP contribution in [0.1, 0.15) is 25.3 Å². The van der Waals surface area contributed by atoms with Crippen molar-refractivity contribution in [1.29, 1.82) is 0 Å². The number of rotatable bonds is 8. The van der Waals surface area contributed by atoms with Gasteiger partial charge in [-0.2, -0.15) is 0 Å². The highest BCUT2D eigenvalue weighted by Crippen LogP contribution is 2.41. The third-order valence-corrected chi connectivity index (χ3v) is 5.71. The molecule has 0 fully saturated rings. The summed E-state index contributed by atoms with van der Waals surface area (Å²) in [6, 6.07) is 9.42. The normalized spacial score (nSPS) is 10.9. The number of aromatic hydroxyl groups is 1. The van der Waals surface area contributed by atoms with Crippen LogP contribution in [0.25, 0.3) is 16.9 Å². The van der Waals surface area contributed by atoms with E-state index >= 15 is 0 Å². The zero-order valence-corrected chi connectivity index (χ0v) is 21.1. The number of hydrogen-bond donors (Lipinski definition) is 2. The second-order valence-electron chi connectivity index (χ2n) is 8.48. The van der Waals surface area contributed by atoms with Crippen LogP contribution in [0.15, 0.2) is 54.1 Å². The Morgan fingerprint density at radius 2 is 1.82 bits per heavy atom. The topological polar surface area (TPSA) is 63.0 Å². The van der Waals surface area contributed by atoms with Gasteiger partial charge in [0.15, 0.2) is 11.0 Å². The molecule has 0 spiro atoms. The van der Waals surface area contributed by atoms with Gasteiger partial charge in [0, 0.05) is 39.8 Å². The maximum Gasteiger partial charge on any atom is 0.188 e. The molecule has 0 atom stereocenters. The molecule has 0 saturated heterocycles. The summed E-state index contributed by atoms with van der Waals surface area (Å²) in [6.45, 7) is 8.10. The Bertz CT molecular complexity index is 1170. The van der Waals surface area contributed by atoms with Crippen LogP contribution in [0.3, 0.4) is 0 Å². The molecule has 0 amide bonds. The first-order valence-electron chi connectivity index (χ1n) is 10.6. The number of anilines is 1. The minimum Gasteiger partial charge on any atom is -0.507 e. The first-order chi connectivity index (χ1) is 15.5. The molecule has 0 unspecified atom stereocenters. The van der Waals surface area contributed by atoms with Gasteiger partial charge in [-0.15, -0.1) is 12.6 Å². The second kappa shape index (κ2) is 9.70. The van der Waals surface area contributed by atoms with Crippen LogP contribution in [0.4, 0.5) is 5.69 Å². The van der Waals surface area contributed by atoms with Gasteiger partial charge in [0.25, 0.3) is 0 Å². The molecule has 1 N–H and O–H groups in total. The molecule has 3 rings (SSSR count). The van der Waals surface area contributed by atoms with Crippen LogP contribution in [-0.4, -0.2) is 54.9 Å². The summed E-state index contributed by atoms with van der Waals surface area (Å²) >= 11 is 4.59. The number of hydrogen-bond acceptors (Lipinski definition) is 7. The van der Waals surface area contributed by atoms with Crippen molar-refractivity contribution < 1.29 is 14.6 Å². The van der Waals surface area contributed by atoms with Crippen LogP contribution in [-0.2, 0) is 0 Å². The summed E-state index contributed by atoms with van der Waals surface area (Å²) in [6.07, 6.45) is 1.71. The van der Waals surface area contributed by atoms with Crippen molar-refractivity contribution in [3.8, 4) is 34.2 Å². The van der Waals surface area contributed by atoms with Crippen LogP contribution in [0, 0.1) is 0 Å². The first kappa shape index (κ1) is 24.4. The molecule has 8 heteroatoms. The van der Waals surface area contributed by atoms with Crippen LogP contribution in [0.2, 0.25) is 0 Å². The lowest BCUT2D eigenvalue weighted by Gasteiger charge is -2.22. The average Bonchev–Trinajstić information content (AvgIpc) is 3.13. The molecule has 0 saturated carbocycles. The number of phenols is 1. The SMILES string of the molecule is C=C(Oc1cc(O)c(-c2cnc(S)n2-c2ccc(OC)c(N(C)C)c2)cc1C(C)C)N(C)C. The fourth-order valence-electron chi connectivity index (χ4n) is 3.50. The number of nitrogens with zero attached hydrogens (tertiary/aromatic N) is 4. The van der Waals surface area contributed by atoms with E-state index in [-0.39, 0.29) is 11.7 Å². The quantitative estimate of drug-likeness (QED) is 0.352. The number of imidazole rings is 1. The van der Waals surface area contributed by atoms with Gasteiger partial charge in [0.2, 0.25) is 0 Å². The van der Waals surface area contributed by atoms with Gasteiger partial charge in [-0.25, -0.2) is 4.98 Å². The van der Waals surface area contributed by atoms with Gasteiger partial charge in [-0.3, -0.25) is 4.57 Å². The fraction of sp³-hybridized carbons (Fsp3) is 0.320. The van der Waals surface area contributed by atoms with E-state index in [1.54, 1.807) is 24.3 Å². The Kier molecular flexibility index (Phi) is 7.17. The Labute approximate surface area is 201 Å². The summed E-state index contributed by atoms with van der Waals surface area (Å²) < 4.78 is 13.3. The predicted octanol–water partition coefficient (Wildman–Crippen LogP) is 5.14. The Hall–Kier alpha value is -3.26. The molecule has 1 heterocycles. The molecule has 0 aliphatic heterocycles. The van der Waals surface area contributed by atoms with E-state index in [0.717, 1.165) is 22.7 Å². The van der Waals surface area contributed by atoms with E-state index < -0.39 is 0 Å². The zero-order chi connectivity index (χ0) is 24.4. The molecule has 7 nitrogen and oxygen atoms in total. The molecular formula is C25H32N4O3S. The van der Waals surface area contributed by atoms with Crippen molar-refractivity contribution in [2.24, 2.45) is 0 Å². The molecule has 0 aliphatic carbocycles. The monoisotopic (exact) mass is 468 g/mol. The zero-order valence-electron chi connectivity index (χ0n) is 20.2. The Morgan fingerprint density at radius 1 is 1.12 bits per heavy atom. The molecule has 2 aromatic carbocycles. The average molecular weight is 469 g/mol. The maximum atomic E-state index is 11.0. The van der Waals surface area contributed by atoms with Crippen molar-refractivity contribution in [2.45, 2.75) is 24.9 Å². The molecule has 176 valence electrons. The summed E-state index contributed by atoms with van der Waals surface area (Å²) in [7, 11) is 9.28. The molecular weight excluding hydrogens is 436 g/mol. The minimum absolute atomic E-state index is 0.0804. The largest absolute Gasteiger partial charge is 0.507 e. The van der Waals surface area contributed by atoms with E-state index in [1.165, 1.54) is 0 Å². The third-order valence-electron chi connectivity index (χ3n) is 5.40. The van der Waals surface area contributed by atoms with Crippen LogP contribution >= 0.6 is 12.6 Å². The highest BCUT2D eigenvalue weighted by atomic mass is 32.1. The number of phenolic OH excluding ortho intramolecular Hbond substituents is 1. The summed E-state index contributed by atoms with van der Waals surface area (Å²) in [5.41, 5.74) is 4.07. The summed E-state index contributed by atoms with van der Waals surface area (Å²) in [4.78, 5) is 8.18. The van der Waals surface area contributed by atoms with E-state index in [9.17, 15) is 5.11 Å². The van der Waals surface area contributed by atoms with Crippen LogP contribution < -0.4 is 14.4 Å². The lowest BCUT2D eigenvalue weighted by atomic mass is 9.97. The lowest BCUT2D eigenvalue weighted by Crippen LogP contribution is -2.15. The van der Waals surface area contributed by atoms with Crippen LogP contribution in [0.5, 0.6) is 17.2 Å².